The second-order valence-corrected chi connectivity index (χ2v) is 3.60. The fourth-order valence-corrected chi connectivity index (χ4v) is 1.88. The molecule has 1 aromatic heterocycles. The van der Waals surface area contributed by atoms with Gasteiger partial charge in [-0.05, 0) is 29.1 Å². The number of nitrogens with one attached hydrogen (secondary N) is 2. The summed E-state index contributed by atoms with van der Waals surface area (Å²) in [5.74, 6) is -0.0726. The number of pyridine rings is 1. The predicted octanol–water partition coefficient (Wildman–Crippen LogP) is 0.772. The van der Waals surface area contributed by atoms with Gasteiger partial charge in [0.25, 0.3) is 5.91 Å². The molecule has 1 aromatic carbocycles. The third-order valence-electron chi connectivity index (χ3n) is 2.63. The lowest BCUT2D eigenvalue weighted by atomic mass is 10.1. The highest BCUT2D eigenvalue weighted by atomic mass is 16.2. The number of aromatic amines is 1. The van der Waals surface area contributed by atoms with Crippen LogP contribution in [0.3, 0.4) is 0 Å². The maximum Gasteiger partial charge on any atom is 0.251 e. The number of fused-ring (bicyclic) bond motifs is 2. The van der Waals surface area contributed by atoms with Crippen molar-refractivity contribution in [3.8, 4) is 0 Å². The second kappa shape index (κ2) is 2.70. The molecule has 0 saturated carbocycles. The number of aromatic nitrogens is 1. The second-order valence-electron chi connectivity index (χ2n) is 3.60. The van der Waals surface area contributed by atoms with E-state index in [1.807, 2.05) is 6.07 Å². The van der Waals surface area contributed by atoms with Gasteiger partial charge in [0.2, 0.25) is 5.56 Å². The lowest BCUT2D eigenvalue weighted by molar-refractivity contribution is 0.0966. The highest BCUT2D eigenvalue weighted by Crippen LogP contribution is 2.21. The minimum Gasteiger partial charge on any atom is -0.348 e. The molecule has 0 radical (unpaired) electrons. The molecule has 0 bridgehead atoms. The number of rotatable bonds is 0. The molecule has 2 aromatic rings. The molecule has 0 unspecified atom stereocenters. The fourth-order valence-electron chi connectivity index (χ4n) is 1.88. The number of carbonyl (C=O) groups is 1. The van der Waals surface area contributed by atoms with Crippen molar-refractivity contribution < 1.29 is 4.79 Å². The Labute approximate surface area is 84.9 Å². The van der Waals surface area contributed by atoms with Gasteiger partial charge in [-0.25, -0.2) is 0 Å². The Morgan fingerprint density at radius 3 is 2.87 bits per heavy atom. The van der Waals surface area contributed by atoms with Crippen LogP contribution >= 0.6 is 0 Å². The average molecular weight is 200 g/mol. The zero-order valence-electron chi connectivity index (χ0n) is 7.83. The summed E-state index contributed by atoms with van der Waals surface area (Å²) in [6.07, 6.45) is 0. The van der Waals surface area contributed by atoms with Crippen LogP contribution in [0.2, 0.25) is 0 Å². The summed E-state index contributed by atoms with van der Waals surface area (Å²) >= 11 is 0. The Kier molecular flexibility index (Phi) is 1.48. The molecule has 0 atom stereocenters. The van der Waals surface area contributed by atoms with E-state index >= 15 is 0 Å². The van der Waals surface area contributed by atoms with Crippen molar-refractivity contribution in [3.63, 3.8) is 0 Å². The molecule has 0 spiro atoms. The lowest BCUT2D eigenvalue weighted by Gasteiger charge is -2.00. The number of hydrogen-bond acceptors (Lipinski definition) is 2. The van der Waals surface area contributed by atoms with Gasteiger partial charge in [0, 0.05) is 23.7 Å². The van der Waals surface area contributed by atoms with Crippen molar-refractivity contribution in [1.29, 1.82) is 0 Å². The molecule has 1 aliphatic heterocycles. The number of H-pyrrole nitrogens is 1. The van der Waals surface area contributed by atoms with E-state index in [0.29, 0.717) is 17.6 Å². The first-order chi connectivity index (χ1) is 7.24. The third kappa shape index (κ3) is 1.15. The molecule has 0 saturated heterocycles. The average Bonchev–Trinajstić information content (AvgIpc) is 2.57. The van der Waals surface area contributed by atoms with E-state index in [4.69, 9.17) is 0 Å². The summed E-state index contributed by atoms with van der Waals surface area (Å²) in [5, 5.41) is 3.69. The summed E-state index contributed by atoms with van der Waals surface area (Å²) in [6, 6.07) is 6.91. The quantitative estimate of drug-likeness (QED) is 0.659. The van der Waals surface area contributed by atoms with Gasteiger partial charge in [-0.1, -0.05) is 0 Å². The molecule has 2 N–H and O–H groups in total. The number of amides is 1. The van der Waals surface area contributed by atoms with Crippen LogP contribution < -0.4 is 10.9 Å². The first-order valence-electron chi connectivity index (χ1n) is 4.68. The molecular formula is C11H8N2O2. The Morgan fingerprint density at radius 1 is 1.13 bits per heavy atom. The highest BCUT2D eigenvalue weighted by Gasteiger charge is 2.18. The van der Waals surface area contributed by atoms with E-state index < -0.39 is 0 Å². The van der Waals surface area contributed by atoms with Gasteiger partial charge in [0.05, 0.1) is 0 Å². The molecule has 2 heterocycles. The van der Waals surface area contributed by atoms with Crippen LogP contribution in [-0.4, -0.2) is 10.9 Å². The molecular weight excluding hydrogens is 192 g/mol. The van der Waals surface area contributed by atoms with Gasteiger partial charge in [-0.15, -0.1) is 0 Å². The van der Waals surface area contributed by atoms with Crippen molar-refractivity contribution in [2.75, 3.05) is 0 Å². The monoisotopic (exact) mass is 200 g/mol. The number of hydrogen-bond donors (Lipinski definition) is 2. The SMILES string of the molecule is O=C1NCc2cc3ccc(=O)[nH]c3cc21. The van der Waals surface area contributed by atoms with Crippen LogP contribution in [0, 0.1) is 0 Å². The standard InChI is InChI=1S/C11H8N2O2/c14-10-2-1-6-3-7-5-12-11(15)8(7)4-9(6)13-10/h1-4H,5H2,(H,12,15)(H,13,14). The molecule has 74 valence electrons. The van der Waals surface area contributed by atoms with E-state index in [0.717, 1.165) is 10.9 Å². The van der Waals surface area contributed by atoms with Gasteiger partial charge >= 0.3 is 0 Å². The van der Waals surface area contributed by atoms with Crippen LogP contribution in [0.15, 0.2) is 29.1 Å². The smallest absolute Gasteiger partial charge is 0.251 e. The largest absolute Gasteiger partial charge is 0.348 e. The van der Waals surface area contributed by atoms with Crippen LogP contribution in [0.25, 0.3) is 10.9 Å². The summed E-state index contributed by atoms with van der Waals surface area (Å²) in [7, 11) is 0. The van der Waals surface area contributed by atoms with E-state index in [9.17, 15) is 9.59 Å². The molecule has 15 heavy (non-hydrogen) atoms. The molecule has 3 rings (SSSR count). The summed E-state index contributed by atoms with van der Waals surface area (Å²) in [4.78, 5) is 25.2. The maximum atomic E-state index is 11.4. The number of benzene rings is 1. The molecule has 4 heteroatoms. The Morgan fingerprint density at radius 2 is 2.00 bits per heavy atom. The number of carbonyl (C=O) groups excluding carboxylic acids is 1. The van der Waals surface area contributed by atoms with Gasteiger partial charge in [-0.2, -0.15) is 0 Å². The van der Waals surface area contributed by atoms with Crippen LogP contribution in [0.1, 0.15) is 15.9 Å². The van der Waals surface area contributed by atoms with E-state index in [1.165, 1.54) is 6.07 Å². The molecule has 4 nitrogen and oxygen atoms in total. The minimum atomic E-state index is -0.152. The lowest BCUT2D eigenvalue weighted by Crippen LogP contribution is -2.12. The molecule has 0 aliphatic carbocycles. The Hall–Kier alpha value is -2.10. The van der Waals surface area contributed by atoms with Crippen LogP contribution in [0.5, 0.6) is 0 Å². The van der Waals surface area contributed by atoms with E-state index in [2.05, 4.69) is 10.3 Å². The summed E-state index contributed by atoms with van der Waals surface area (Å²) < 4.78 is 0. The topological polar surface area (TPSA) is 62.0 Å². The third-order valence-corrected chi connectivity index (χ3v) is 2.63. The van der Waals surface area contributed by atoms with Crippen molar-refractivity contribution in [2.24, 2.45) is 0 Å². The van der Waals surface area contributed by atoms with Crippen molar-refractivity contribution in [2.45, 2.75) is 6.54 Å². The van der Waals surface area contributed by atoms with Crippen LogP contribution in [0.4, 0.5) is 0 Å². The van der Waals surface area contributed by atoms with Gasteiger partial charge in [0.15, 0.2) is 0 Å². The minimum absolute atomic E-state index is 0.0726. The Bertz CT molecular complexity index is 628. The van der Waals surface area contributed by atoms with Gasteiger partial charge in [-0.3, -0.25) is 9.59 Å². The molecule has 0 fully saturated rings. The van der Waals surface area contributed by atoms with Crippen molar-refractivity contribution in [1.82, 2.24) is 10.3 Å². The van der Waals surface area contributed by atoms with E-state index in [-0.39, 0.29) is 11.5 Å². The predicted molar refractivity (Wildman–Crippen MR) is 55.7 cm³/mol. The van der Waals surface area contributed by atoms with E-state index in [1.54, 1.807) is 12.1 Å². The summed E-state index contributed by atoms with van der Waals surface area (Å²) in [5.41, 5.74) is 2.20. The van der Waals surface area contributed by atoms with Gasteiger partial charge in [0.1, 0.15) is 0 Å². The highest BCUT2D eigenvalue weighted by molar-refractivity contribution is 6.01. The fraction of sp³-hybridized carbons (Fsp3) is 0.0909. The maximum absolute atomic E-state index is 11.4. The molecule has 1 aliphatic rings. The first kappa shape index (κ1) is 8.23. The van der Waals surface area contributed by atoms with Crippen molar-refractivity contribution in [3.05, 3.63) is 45.7 Å². The zero-order valence-corrected chi connectivity index (χ0v) is 7.83. The van der Waals surface area contributed by atoms with Crippen molar-refractivity contribution >= 4 is 16.8 Å². The van der Waals surface area contributed by atoms with Gasteiger partial charge < -0.3 is 10.3 Å². The van der Waals surface area contributed by atoms with Crippen LogP contribution in [-0.2, 0) is 6.54 Å². The molecule has 1 amide bonds. The Balaban J connectivity index is 2.40. The first-order valence-corrected chi connectivity index (χ1v) is 4.68. The zero-order chi connectivity index (χ0) is 10.4. The normalized spacial score (nSPS) is 14.0. The summed E-state index contributed by atoms with van der Waals surface area (Å²) in [6.45, 7) is 0.573.